The summed E-state index contributed by atoms with van der Waals surface area (Å²) in [6, 6.07) is 8.09. The Morgan fingerprint density at radius 1 is 1.50 bits per heavy atom. The number of hydrogen-bond donors (Lipinski definition) is 0. The van der Waals surface area contributed by atoms with Crippen molar-refractivity contribution < 1.29 is 4.74 Å². The van der Waals surface area contributed by atoms with E-state index in [1.807, 2.05) is 24.1 Å². The molecular formula is C12H15BrN2O. The monoisotopic (exact) mass is 282 g/mol. The Hall–Kier alpha value is -1.05. The maximum atomic E-state index is 8.55. The fourth-order valence-electron chi connectivity index (χ4n) is 1.45. The summed E-state index contributed by atoms with van der Waals surface area (Å²) in [6.45, 7) is 1.30. The zero-order chi connectivity index (χ0) is 12.0. The third-order valence-corrected chi connectivity index (χ3v) is 2.84. The molecule has 0 saturated carbocycles. The molecule has 0 atom stereocenters. The van der Waals surface area contributed by atoms with Gasteiger partial charge in [-0.1, -0.05) is 15.9 Å². The number of nitriles is 1. The van der Waals surface area contributed by atoms with Crippen molar-refractivity contribution in [2.45, 2.75) is 6.42 Å². The first-order valence-corrected chi connectivity index (χ1v) is 5.84. The van der Waals surface area contributed by atoms with E-state index in [4.69, 9.17) is 10.00 Å². The third-order valence-electron chi connectivity index (χ3n) is 2.35. The fraction of sp³-hybridized carbons (Fsp3) is 0.417. The van der Waals surface area contributed by atoms with Crippen molar-refractivity contribution in [1.82, 2.24) is 4.90 Å². The Kier molecular flexibility index (Phi) is 5.30. The molecule has 1 aromatic carbocycles. The van der Waals surface area contributed by atoms with Crippen LogP contribution in [0, 0.1) is 11.3 Å². The number of benzene rings is 1. The van der Waals surface area contributed by atoms with Gasteiger partial charge in [0.15, 0.2) is 0 Å². The average molecular weight is 283 g/mol. The van der Waals surface area contributed by atoms with Crippen LogP contribution in [0.1, 0.15) is 5.56 Å². The van der Waals surface area contributed by atoms with E-state index in [0.717, 1.165) is 28.8 Å². The van der Waals surface area contributed by atoms with Gasteiger partial charge in [0, 0.05) is 11.0 Å². The van der Waals surface area contributed by atoms with E-state index in [0.29, 0.717) is 6.54 Å². The van der Waals surface area contributed by atoms with Gasteiger partial charge in [-0.3, -0.25) is 4.90 Å². The summed E-state index contributed by atoms with van der Waals surface area (Å²) in [5, 5.41) is 8.55. The van der Waals surface area contributed by atoms with Crippen molar-refractivity contribution in [3.05, 3.63) is 28.2 Å². The van der Waals surface area contributed by atoms with Crippen molar-refractivity contribution in [3.63, 3.8) is 0 Å². The molecule has 0 spiro atoms. The molecule has 0 heterocycles. The molecule has 0 aliphatic rings. The summed E-state index contributed by atoms with van der Waals surface area (Å²) in [6.07, 6.45) is 0.876. The molecule has 1 rings (SSSR count). The maximum absolute atomic E-state index is 8.55. The van der Waals surface area contributed by atoms with Crippen LogP contribution in [0.2, 0.25) is 0 Å². The zero-order valence-corrected chi connectivity index (χ0v) is 11.1. The molecule has 0 fully saturated rings. The third kappa shape index (κ3) is 3.84. The highest BCUT2D eigenvalue weighted by Crippen LogP contribution is 2.23. The van der Waals surface area contributed by atoms with Gasteiger partial charge in [0.25, 0.3) is 0 Å². The van der Waals surface area contributed by atoms with E-state index in [-0.39, 0.29) is 0 Å². The van der Waals surface area contributed by atoms with Gasteiger partial charge < -0.3 is 4.74 Å². The summed E-state index contributed by atoms with van der Waals surface area (Å²) in [5.41, 5.74) is 1.15. The van der Waals surface area contributed by atoms with Gasteiger partial charge in [-0.25, -0.2) is 0 Å². The predicted molar refractivity (Wildman–Crippen MR) is 67.5 cm³/mol. The highest BCUT2D eigenvalue weighted by molar-refractivity contribution is 9.10. The fourth-order valence-corrected chi connectivity index (χ4v) is 1.86. The lowest BCUT2D eigenvalue weighted by Crippen LogP contribution is -2.21. The van der Waals surface area contributed by atoms with Gasteiger partial charge in [-0.15, -0.1) is 0 Å². The molecule has 0 unspecified atom stereocenters. The second-order valence-corrected chi connectivity index (χ2v) is 4.52. The molecule has 86 valence electrons. The first-order valence-electron chi connectivity index (χ1n) is 5.05. The Labute approximate surface area is 105 Å². The normalized spacial score (nSPS) is 10.2. The maximum Gasteiger partial charge on any atom is 0.122 e. The summed E-state index contributed by atoms with van der Waals surface area (Å²) in [5.74, 6) is 0.897. The second-order valence-electron chi connectivity index (χ2n) is 3.60. The van der Waals surface area contributed by atoms with Crippen LogP contribution in [0.5, 0.6) is 5.75 Å². The largest absolute Gasteiger partial charge is 0.496 e. The summed E-state index contributed by atoms with van der Waals surface area (Å²) >= 11 is 3.44. The molecule has 4 heteroatoms. The number of likely N-dealkylation sites (N-methyl/N-ethyl adjacent to an activating group) is 1. The summed E-state index contributed by atoms with van der Waals surface area (Å²) < 4.78 is 6.34. The van der Waals surface area contributed by atoms with Crippen molar-refractivity contribution in [1.29, 1.82) is 5.26 Å². The van der Waals surface area contributed by atoms with E-state index >= 15 is 0 Å². The van der Waals surface area contributed by atoms with Gasteiger partial charge in [-0.05, 0) is 37.2 Å². The highest BCUT2D eigenvalue weighted by atomic mass is 79.9. The molecule has 16 heavy (non-hydrogen) atoms. The molecule has 0 aliphatic carbocycles. The van der Waals surface area contributed by atoms with E-state index < -0.39 is 0 Å². The van der Waals surface area contributed by atoms with Crippen LogP contribution in [0.4, 0.5) is 0 Å². The van der Waals surface area contributed by atoms with Crippen LogP contribution < -0.4 is 4.74 Å². The van der Waals surface area contributed by atoms with Crippen LogP contribution in [0.3, 0.4) is 0 Å². The van der Waals surface area contributed by atoms with Gasteiger partial charge in [0.05, 0.1) is 19.7 Å². The number of rotatable bonds is 5. The Balaban J connectivity index is 2.65. The van der Waals surface area contributed by atoms with Crippen LogP contribution in [0.25, 0.3) is 0 Å². The molecule has 0 bridgehead atoms. The number of methoxy groups -OCH3 is 1. The van der Waals surface area contributed by atoms with Gasteiger partial charge in [0.2, 0.25) is 0 Å². The standard InChI is InChI=1S/C12H15BrN2O/c1-15(8-6-14)7-5-10-9-11(13)3-4-12(10)16-2/h3-4,9H,5,7-8H2,1-2H3. The molecule has 0 aliphatic heterocycles. The van der Waals surface area contributed by atoms with Crippen LogP contribution in [0.15, 0.2) is 22.7 Å². The minimum Gasteiger partial charge on any atom is -0.496 e. The summed E-state index contributed by atoms with van der Waals surface area (Å²) in [4.78, 5) is 1.99. The number of hydrogen-bond acceptors (Lipinski definition) is 3. The molecular weight excluding hydrogens is 268 g/mol. The van der Waals surface area contributed by atoms with E-state index in [1.54, 1.807) is 7.11 Å². The molecule has 3 nitrogen and oxygen atoms in total. The lowest BCUT2D eigenvalue weighted by molar-refractivity contribution is 0.370. The number of ether oxygens (including phenoxy) is 1. The first kappa shape index (κ1) is 13.0. The number of nitrogens with zero attached hydrogens (tertiary/aromatic N) is 2. The zero-order valence-electron chi connectivity index (χ0n) is 9.53. The van der Waals surface area contributed by atoms with Crippen molar-refractivity contribution >= 4 is 15.9 Å². The minimum absolute atomic E-state index is 0.455. The Morgan fingerprint density at radius 3 is 2.88 bits per heavy atom. The van der Waals surface area contributed by atoms with Crippen molar-refractivity contribution in [3.8, 4) is 11.8 Å². The quantitative estimate of drug-likeness (QED) is 0.779. The topological polar surface area (TPSA) is 36.3 Å². The predicted octanol–water partition coefficient (Wildman–Crippen LogP) is 2.46. The lowest BCUT2D eigenvalue weighted by Gasteiger charge is -2.14. The average Bonchev–Trinajstić information content (AvgIpc) is 2.27. The molecule has 0 saturated heterocycles. The first-order chi connectivity index (χ1) is 7.67. The van der Waals surface area contributed by atoms with Crippen LogP contribution >= 0.6 is 15.9 Å². The molecule has 0 amide bonds. The highest BCUT2D eigenvalue weighted by Gasteiger charge is 2.05. The van der Waals surface area contributed by atoms with Gasteiger partial charge in [-0.2, -0.15) is 5.26 Å². The molecule has 0 aromatic heterocycles. The van der Waals surface area contributed by atoms with Crippen molar-refractivity contribution in [2.24, 2.45) is 0 Å². The van der Waals surface area contributed by atoms with E-state index in [2.05, 4.69) is 28.1 Å². The Morgan fingerprint density at radius 2 is 2.25 bits per heavy atom. The summed E-state index contributed by atoms with van der Waals surface area (Å²) in [7, 11) is 3.61. The van der Waals surface area contributed by atoms with Gasteiger partial charge in [0.1, 0.15) is 5.75 Å². The smallest absolute Gasteiger partial charge is 0.122 e. The second kappa shape index (κ2) is 6.51. The molecule has 0 radical (unpaired) electrons. The van der Waals surface area contributed by atoms with Crippen LogP contribution in [-0.4, -0.2) is 32.1 Å². The van der Waals surface area contributed by atoms with Crippen LogP contribution in [-0.2, 0) is 6.42 Å². The van der Waals surface area contributed by atoms with Gasteiger partial charge >= 0.3 is 0 Å². The lowest BCUT2D eigenvalue weighted by atomic mass is 10.1. The number of halogens is 1. The molecule has 1 aromatic rings. The minimum atomic E-state index is 0.455. The molecule has 0 N–H and O–H groups in total. The van der Waals surface area contributed by atoms with E-state index in [1.165, 1.54) is 0 Å². The van der Waals surface area contributed by atoms with Crippen molar-refractivity contribution in [2.75, 3.05) is 27.2 Å². The Bertz CT molecular complexity index is 387. The van der Waals surface area contributed by atoms with E-state index in [9.17, 15) is 0 Å². The SMILES string of the molecule is COc1ccc(Br)cc1CCN(C)CC#N.